The van der Waals surface area contributed by atoms with Gasteiger partial charge in [-0.1, -0.05) is 12.1 Å². The van der Waals surface area contributed by atoms with E-state index in [2.05, 4.69) is 30.2 Å². The summed E-state index contributed by atoms with van der Waals surface area (Å²) in [5, 5.41) is 5.82. The van der Waals surface area contributed by atoms with Crippen LogP contribution in [-0.4, -0.2) is 29.5 Å². The van der Waals surface area contributed by atoms with Crippen molar-refractivity contribution in [1.82, 2.24) is 29.5 Å². The largest absolute Gasteiger partial charge is 0.368 e. The molecule has 0 amide bonds. The van der Waals surface area contributed by atoms with Gasteiger partial charge in [-0.25, -0.2) is 14.5 Å². The summed E-state index contributed by atoms with van der Waals surface area (Å²) in [5.74, 6) is 1.71. The fourth-order valence-electron chi connectivity index (χ4n) is 2.28. The van der Waals surface area contributed by atoms with Gasteiger partial charge in [-0.05, 0) is 19.1 Å². The van der Waals surface area contributed by atoms with Crippen LogP contribution in [0.25, 0.3) is 17.0 Å². The number of aromatic nitrogens is 6. The van der Waals surface area contributed by atoms with E-state index >= 15 is 0 Å². The molecule has 4 aromatic rings. The molecule has 0 saturated heterocycles. The first kappa shape index (κ1) is 13.6. The Hall–Kier alpha value is -3.07. The molecule has 114 valence electrons. The minimum absolute atomic E-state index is 0.172. The van der Waals surface area contributed by atoms with Gasteiger partial charge in [0.05, 0.1) is 11.0 Å². The first-order valence-corrected chi connectivity index (χ1v) is 7.71. The quantitative estimate of drug-likeness (QED) is 0.595. The lowest BCUT2D eigenvalue weighted by Gasteiger charge is -2.08. The summed E-state index contributed by atoms with van der Waals surface area (Å²) in [6.07, 6.45) is 1.73. The van der Waals surface area contributed by atoms with Crippen molar-refractivity contribution in [3.8, 4) is 5.95 Å². The normalized spacial score (nSPS) is 11.0. The predicted octanol–water partition coefficient (Wildman–Crippen LogP) is 2.30. The van der Waals surface area contributed by atoms with E-state index in [9.17, 15) is 0 Å². The lowest BCUT2D eigenvalue weighted by atomic mass is 10.3. The first-order chi connectivity index (χ1) is 11.2. The number of hydrogen-bond donors (Lipinski definition) is 2. The summed E-state index contributed by atoms with van der Waals surface area (Å²) < 4.78 is 1.81. The number of nitrogens with one attached hydrogen (secondary N) is 1. The van der Waals surface area contributed by atoms with Crippen LogP contribution in [-0.2, 0) is 0 Å². The van der Waals surface area contributed by atoms with Crippen molar-refractivity contribution in [2.45, 2.75) is 6.92 Å². The molecule has 4 rings (SSSR count). The molecule has 0 fully saturated rings. The number of imidazole rings is 1. The summed E-state index contributed by atoms with van der Waals surface area (Å²) in [6.45, 7) is 1.77. The van der Waals surface area contributed by atoms with Crippen LogP contribution in [0.5, 0.6) is 0 Å². The smallest absolute Gasteiger partial charge is 0.242 e. The Bertz CT molecular complexity index is 956. The summed E-state index contributed by atoms with van der Waals surface area (Å²) >= 11 is 1.48. The van der Waals surface area contributed by atoms with Gasteiger partial charge in [-0.2, -0.15) is 15.0 Å². The number of anilines is 3. The van der Waals surface area contributed by atoms with Crippen LogP contribution >= 0.6 is 11.3 Å². The highest BCUT2D eigenvalue weighted by Crippen LogP contribution is 2.26. The van der Waals surface area contributed by atoms with E-state index < -0.39 is 0 Å². The van der Waals surface area contributed by atoms with Crippen LogP contribution in [0, 0.1) is 6.92 Å². The van der Waals surface area contributed by atoms with Crippen LogP contribution in [0.4, 0.5) is 17.0 Å². The number of thiazole rings is 1. The Labute approximate surface area is 135 Å². The van der Waals surface area contributed by atoms with Gasteiger partial charge in [-0.3, -0.25) is 0 Å². The second kappa shape index (κ2) is 5.29. The zero-order valence-corrected chi connectivity index (χ0v) is 12.9. The maximum Gasteiger partial charge on any atom is 0.242 e. The van der Waals surface area contributed by atoms with Crippen LogP contribution < -0.4 is 11.1 Å². The molecule has 0 atom stereocenters. The number of nitrogens with zero attached hydrogens (tertiary/aromatic N) is 6. The molecule has 0 spiro atoms. The molecule has 3 N–H and O–H groups in total. The molecule has 0 aliphatic rings. The molecule has 9 heteroatoms. The Kier molecular flexibility index (Phi) is 3.12. The zero-order valence-electron chi connectivity index (χ0n) is 12.1. The number of nitrogen functional groups attached to an aromatic ring is 1. The summed E-state index contributed by atoms with van der Waals surface area (Å²) in [5.41, 5.74) is 7.46. The van der Waals surface area contributed by atoms with Crippen molar-refractivity contribution in [2.75, 3.05) is 11.1 Å². The van der Waals surface area contributed by atoms with Gasteiger partial charge < -0.3 is 11.1 Å². The van der Waals surface area contributed by atoms with Crippen molar-refractivity contribution in [2.24, 2.45) is 0 Å². The van der Waals surface area contributed by atoms with Crippen molar-refractivity contribution in [3.63, 3.8) is 0 Å². The van der Waals surface area contributed by atoms with Crippen molar-refractivity contribution >= 4 is 39.4 Å². The Balaban J connectivity index is 1.95. The third-order valence-electron chi connectivity index (χ3n) is 3.16. The second-order valence-corrected chi connectivity index (χ2v) is 5.66. The van der Waals surface area contributed by atoms with E-state index in [1.165, 1.54) is 11.3 Å². The van der Waals surface area contributed by atoms with Gasteiger partial charge in [0.1, 0.15) is 5.82 Å². The van der Waals surface area contributed by atoms with E-state index in [4.69, 9.17) is 5.73 Å². The van der Waals surface area contributed by atoms with Crippen molar-refractivity contribution < 1.29 is 0 Å². The van der Waals surface area contributed by atoms with Crippen LogP contribution in [0.15, 0.2) is 35.8 Å². The highest BCUT2D eigenvalue weighted by Gasteiger charge is 2.16. The molecule has 8 nitrogen and oxygen atoms in total. The Morgan fingerprint density at radius 2 is 2.00 bits per heavy atom. The van der Waals surface area contributed by atoms with Crippen molar-refractivity contribution in [1.29, 1.82) is 0 Å². The molecule has 3 heterocycles. The number of hydrogen-bond acceptors (Lipinski definition) is 8. The minimum atomic E-state index is 0.172. The zero-order chi connectivity index (χ0) is 15.8. The topological polar surface area (TPSA) is 107 Å². The van der Waals surface area contributed by atoms with E-state index in [1.54, 1.807) is 13.1 Å². The molecule has 0 saturated carbocycles. The first-order valence-electron chi connectivity index (χ1n) is 6.83. The molecule has 1 aromatic carbocycles. The van der Waals surface area contributed by atoms with E-state index in [-0.39, 0.29) is 5.95 Å². The minimum Gasteiger partial charge on any atom is -0.368 e. The Morgan fingerprint density at radius 1 is 1.13 bits per heavy atom. The SMILES string of the molecule is Cc1nc(N)nc(-n2c(Nc3nccs3)nc3ccccc32)n1. The molecular formula is C14H12N8S. The molecule has 0 unspecified atom stereocenters. The van der Waals surface area contributed by atoms with Gasteiger partial charge in [0, 0.05) is 11.6 Å². The molecular weight excluding hydrogens is 312 g/mol. The monoisotopic (exact) mass is 324 g/mol. The number of fused-ring (bicyclic) bond motifs is 1. The van der Waals surface area contributed by atoms with E-state index in [1.807, 2.05) is 34.2 Å². The van der Waals surface area contributed by atoms with Crippen LogP contribution in [0.1, 0.15) is 5.82 Å². The maximum atomic E-state index is 5.77. The number of rotatable bonds is 3. The van der Waals surface area contributed by atoms with Gasteiger partial charge in [0.2, 0.25) is 17.8 Å². The van der Waals surface area contributed by atoms with Crippen molar-refractivity contribution in [3.05, 3.63) is 41.7 Å². The third-order valence-corrected chi connectivity index (χ3v) is 3.85. The standard InChI is InChI=1S/C14H12N8S/c1-8-17-11(15)20-12(18-8)22-10-5-3-2-4-9(10)19-13(22)21-14-16-6-7-23-14/h2-7H,1H3,(H,16,19,21)(H2,15,17,18,20). The molecule has 23 heavy (non-hydrogen) atoms. The molecule has 0 bridgehead atoms. The lowest BCUT2D eigenvalue weighted by molar-refractivity contribution is 0.894. The highest BCUT2D eigenvalue weighted by molar-refractivity contribution is 7.13. The Morgan fingerprint density at radius 3 is 2.78 bits per heavy atom. The number of aryl methyl sites for hydroxylation is 1. The number of para-hydroxylation sites is 2. The van der Waals surface area contributed by atoms with Gasteiger partial charge >= 0.3 is 0 Å². The fraction of sp³-hybridized carbons (Fsp3) is 0.0714. The average molecular weight is 324 g/mol. The summed E-state index contributed by atoms with van der Waals surface area (Å²) in [6, 6.07) is 7.74. The van der Waals surface area contributed by atoms with Gasteiger partial charge in [0.15, 0.2) is 5.13 Å². The molecule has 0 radical (unpaired) electrons. The lowest BCUT2D eigenvalue weighted by Crippen LogP contribution is -2.10. The van der Waals surface area contributed by atoms with E-state index in [0.29, 0.717) is 17.7 Å². The van der Waals surface area contributed by atoms with Crippen LogP contribution in [0.2, 0.25) is 0 Å². The molecule has 0 aliphatic carbocycles. The average Bonchev–Trinajstić information content (AvgIpc) is 3.13. The molecule has 3 aromatic heterocycles. The van der Waals surface area contributed by atoms with Gasteiger partial charge in [0.25, 0.3) is 0 Å². The van der Waals surface area contributed by atoms with Crippen LogP contribution in [0.3, 0.4) is 0 Å². The highest BCUT2D eigenvalue weighted by atomic mass is 32.1. The second-order valence-electron chi connectivity index (χ2n) is 4.76. The fourth-order valence-corrected chi connectivity index (χ4v) is 2.80. The third kappa shape index (κ3) is 2.46. The van der Waals surface area contributed by atoms with E-state index in [0.717, 1.165) is 16.2 Å². The maximum absolute atomic E-state index is 5.77. The molecule has 0 aliphatic heterocycles. The van der Waals surface area contributed by atoms with Gasteiger partial charge in [-0.15, -0.1) is 11.3 Å². The summed E-state index contributed by atoms with van der Waals surface area (Å²) in [4.78, 5) is 21.5. The number of nitrogens with two attached hydrogens (primary N) is 1. The summed E-state index contributed by atoms with van der Waals surface area (Å²) in [7, 11) is 0. The number of benzene rings is 1. The predicted molar refractivity (Wildman–Crippen MR) is 89.0 cm³/mol.